The van der Waals surface area contributed by atoms with Gasteiger partial charge in [0.1, 0.15) is 17.5 Å². The van der Waals surface area contributed by atoms with Crippen LogP contribution in [0.15, 0.2) is 48.7 Å². The second-order valence-corrected chi connectivity index (χ2v) is 13.8. The number of sulfonamides is 2. The van der Waals surface area contributed by atoms with E-state index in [1.54, 1.807) is 18.3 Å². The highest BCUT2D eigenvalue weighted by atomic mass is 32.2. The van der Waals surface area contributed by atoms with Crippen molar-refractivity contribution < 1.29 is 35.1 Å². The van der Waals surface area contributed by atoms with Crippen LogP contribution < -0.4 is 25.4 Å². The number of rotatable bonds is 10. The molecule has 5 N–H and O–H groups in total. The number of ether oxygens (including phenoxy) is 1. The second kappa shape index (κ2) is 16.7. The van der Waals surface area contributed by atoms with Crippen molar-refractivity contribution in [1.29, 1.82) is 0 Å². The van der Waals surface area contributed by atoms with Crippen LogP contribution in [0.25, 0.3) is 6.08 Å². The fraction of sp³-hybridized carbons (Fsp3) is 0.250. The molecule has 2 aromatic carbocycles. The maximum absolute atomic E-state index is 14.4. The highest BCUT2D eigenvalue weighted by Crippen LogP contribution is 2.24. The smallest absolute Gasteiger partial charge is 0.244 e. The quantitative estimate of drug-likeness (QED) is 0.183. The number of anilines is 3. The molecule has 3 aromatic rings. The normalized spacial score (nSPS) is 13.1. The van der Waals surface area contributed by atoms with E-state index in [1.165, 1.54) is 18.2 Å². The first-order valence-corrected chi connectivity index (χ1v) is 17.9. The van der Waals surface area contributed by atoms with E-state index in [-0.39, 0.29) is 35.9 Å². The molecule has 1 saturated heterocycles. The zero-order valence-electron chi connectivity index (χ0n) is 26.1. The molecule has 0 atom stereocenters. The van der Waals surface area contributed by atoms with Gasteiger partial charge in [-0.05, 0) is 53.6 Å². The Morgan fingerprint density at radius 1 is 1.02 bits per heavy atom. The van der Waals surface area contributed by atoms with E-state index in [1.807, 2.05) is 10.8 Å². The third kappa shape index (κ3) is 11.4. The molecule has 0 unspecified atom stereocenters. The predicted octanol–water partition coefficient (Wildman–Crippen LogP) is 2.38. The molecule has 1 aliphatic rings. The molecular formula is C32H34F2N6O6S2. The number of amides is 1. The molecule has 0 bridgehead atoms. The van der Waals surface area contributed by atoms with Gasteiger partial charge in [0, 0.05) is 49.6 Å². The lowest BCUT2D eigenvalue weighted by Crippen LogP contribution is -2.37. The van der Waals surface area contributed by atoms with E-state index in [9.17, 15) is 30.4 Å². The number of hydrogen-bond acceptors (Lipinski definition) is 9. The summed E-state index contributed by atoms with van der Waals surface area (Å²) in [6, 6.07) is 8.59. The first kappa shape index (κ1) is 37.5. The standard InChI is InChI=1S/C22H23FN4O4S.C10H11FN2O2S/c1-3-17-13-16(14-19(23)21(17)26-32(2,29)30)15-25-20(28)7-6-18-5-4-8-24-22(18)27-9-11-31-12-10-27;1-3-7-5-10(13-16(2,14)15)9(11)4-8(7)6-12/h1,4-8,13-14,26H,9-12,15H2,2H3,(H,25,28);1,4-5,13H,6,12H2,2H3. The van der Waals surface area contributed by atoms with Gasteiger partial charge >= 0.3 is 0 Å². The van der Waals surface area contributed by atoms with Crippen LogP contribution >= 0.6 is 0 Å². The number of hydrogen-bond donors (Lipinski definition) is 4. The topological polar surface area (TPSA) is 173 Å². The van der Waals surface area contributed by atoms with Crippen molar-refractivity contribution in [1.82, 2.24) is 10.3 Å². The number of benzene rings is 2. The summed E-state index contributed by atoms with van der Waals surface area (Å²) in [7, 11) is -7.23. The number of halogens is 2. The molecule has 0 aliphatic carbocycles. The average molecular weight is 701 g/mol. The number of nitrogens with two attached hydrogens (primary N) is 1. The molecule has 1 fully saturated rings. The number of nitrogens with one attached hydrogen (secondary N) is 3. The zero-order chi connectivity index (χ0) is 35.5. The van der Waals surface area contributed by atoms with Crippen molar-refractivity contribution in [2.24, 2.45) is 5.73 Å². The minimum absolute atomic E-state index is 0.0112. The maximum atomic E-state index is 14.4. The first-order valence-electron chi connectivity index (χ1n) is 14.1. The van der Waals surface area contributed by atoms with Crippen LogP contribution in [0.3, 0.4) is 0 Å². The Kier molecular flexibility index (Phi) is 13.0. The van der Waals surface area contributed by atoms with E-state index in [0.717, 1.165) is 49.1 Å². The van der Waals surface area contributed by atoms with Crippen molar-refractivity contribution in [3.63, 3.8) is 0 Å². The van der Waals surface area contributed by atoms with Crippen LogP contribution in [-0.2, 0) is 42.7 Å². The van der Waals surface area contributed by atoms with Crippen LogP contribution in [-0.4, -0.2) is 66.5 Å². The van der Waals surface area contributed by atoms with Gasteiger partial charge in [-0.15, -0.1) is 12.8 Å². The van der Waals surface area contributed by atoms with Crippen LogP contribution in [0, 0.1) is 36.3 Å². The van der Waals surface area contributed by atoms with E-state index < -0.39 is 31.7 Å². The molecular weight excluding hydrogens is 667 g/mol. The zero-order valence-corrected chi connectivity index (χ0v) is 27.7. The number of nitrogens with zero attached hydrogens (tertiary/aromatic N) is 2. The Bertz CT molecular complexity index is 1980. The van der Waals surface area contributed by atoms with Gasteiger partial charge in [0.15, 0.2) is 0 Å². The monoisotopic (exact) mass is 700 g/mol. The molecule has 0 saturated carbocycles. The van der Waals surface area contributed by atoms with E-state index in [4.69, 9.17) is 23.3 Å². The van der Waals surface area contributed by atoms with Crippen LogP contribution in [0.4, 0.5) is 26.0 Å². The van der Waals surface area contributed by atoms with Crippen molar-refractivity contribution in [3.05, 3.63) is 88.1 Å². The van der Waals surface area contributed by atoms with Gasteiger partial charge < -0.3 is 20.7 Å². The summed E-state index contributed by atoms with van der Waals surface area (Å²) in [6.07, 6.45) is 17.2. The summed E-state index contributed by atoms with van der Waals surface area (Å²) in [6.45, 7) is 2.78. The van der Waals surface area contributed by atoms with Gasteiger partial charge in [-0.3, -0.25) is 14.2 Å². The minimum Gasteiger partial charge on any atom is -0.378 e. The Morgan fingerprint density at radius 3 is 2.29 bits per heavy atom. The predicted molar refractivity (Wildman–Crippen MR) is 182 cm³/mol. The fourth-order valence-corrected chi connectivity index (χ4v) is 5.49. The van der Waals surface area contributed by atoms with Gasteiger partial charge in [0.05, 0.1) is 42.7 Å². The summed E-state index contributed by atoms with van der Waals surface area (Å²) >= 11 is 0. The van der Waals surface area contributed by atoms with Crippen molar-refractivity contribution in [3.8, 4) is 24.7 Å². The number of carbonyl (C=O) groups is 1. The van der Waals surface area contributed by atoms with Crippen molar-refractivity contribution in [2.45, 2.75) is 13.1 Å². The van der Waals surface area contributed by atoms with E-state index >= 15 is 0 Å². The second-order valence-electron chi connectivity index (χ2n) is 10.3. The lowest BCUT2D eigenvalue weighted by Gasteiger charge is -2.28. The van der Waals surface area contributed by atoms with Gasteiger partial charge in [0.25, 0.3) is 0 Å². The Labute approximate surface area is 278 Å². The summed E-state index contributed by atoms with van der Waals surface area (Å²) in [5.41, 5.74) is 6.96. The maximum Gasteiger partial charge on any atom is 0.244 e. The molecule has 1 aliphatic heterocycles. The molecule has 12 nitrogen and oxygen atoms in total. The number of morpholine rings is 1. The molecule has 0 spiro atoms. The van der Waals surface area contributed by atoms with Crippen LogP contribution in [0.2, 0.25) is 0 Å². The fourth-order valence-electron chi connectivity index (χ4n) is 4.36. The number of carbonyl (C=O) groups excluding carboxylic acids is 1. The number of terminal acetylenes is 2. The molecule has 48 heavy (non-hydrogen) atoms. The molecule has 2 heterocycles. The third-order valence-corrected chi connectivity index (χ3v) is 7.63. The highest BCUT2D eigenvalue weighted by Gasteiger charge is 2.16. The lowest BCUT2D eigenvalue weighted by molar-refractivity contribution is -0.116. The Morgan fingerprint density at radius 2 is 1.69 bits per heavy atom. The molecule has 254 valence electrons. The minimum atomic E-state index is -3.70. The molecule has 0 radical (unpaired) electrons. The SMILES string of the molecule is C#Cc1cc(CNC(=O)C=Cc2cccnc2N2CCOCC2)cc(F)c1NS(C)(=O)=O.C#Cc1cc(NS(C)(=O)=O)c(F)cc1CN. The molecule has 16 heteroatoms. The number of pyridine rings is 1. The van der Waals surface area contributed by atoms with Gasteiger partial charge in [-0.25, -0.2) is 30.6 Å². The largest absolute Gasteiger partial charge is 0.378 e. The molecule has 1 amide bonds. The highest BCUT2D eigenvalue weighted by molar-refractivity contribution is 7.92. The van der Waals surface area contributed by atoms with Crippen molar-refractivity contribution >= 4 is 49.2 Å². The number of aromatic nitrogens is 1. The summed E-state index contributed by atoms with van der Waals surface area (Å²) in [4.78, 5) is 18.8. The van der Waals surface area contributed by atoms with Gasteiger partial charge in [-0.2, -0.15) is 0 Å². The van der Waals surface area contributed by atoms with Gasteiger partial charge in [0.2, 0.25) is 26.0 Å². The molecule has 4 rings (SSSR count). The van der Waals surface area contributed by atoms with Gasteiger partial charge in [-0.1, -0.05) is 11.8 Å². The van der Waals surface area contributed by atoms with Crippen LogP contribution in [0.5, 0.6) is 0 Å². The van der Waals surface area contributed by atoms with E-state index in [0.29, 0.717) is 29.9 Å². The summed E-state index contributed by atoms with van der Waals surface area (Å²) in [5, 5.41) is 2.66. The lowest BCUT2D eigenvalue weighted by atomic mass is 10.1. The van der Waals surface area contributed by atoms with E-state index in [2.05, 4.69) is 31.8 Å². The summed E-state index contributed by atoms with van der Waals surface area (Å²) < 4.78 is 82.0. The molecule has 1 aromatic heterocycles. The third-order valence-electron chi connectivity index (χ3n) is 6.47. The summed E-state index contributed by atoms with van der Waals surface area (Å²) in [5.74, 6) is 3.43. The Hall–Kier alpha value is -5.00. The Balaban J connectivity index is 0.000000328. The average Bonchev–Trinajstić information content (AvgIpc) is 3.04. The van der Waals surface area contributed by atoms with Crippen LogP contribution in [0.1, 0.15) is 27.8 Å². The van der Waals surface area contributed by atoms with Crippen molar-refractivity contribution in [2.75, 3.05) is 53.2 Å². The first-order chi connectivity index (χ1) is 22.6.